The van der Waals surface area contributed by atoms with Crippen LogP contribution < -0.4 is 5.43 Å². The average Bonchev–Trinajstić information content (AvgIpc) is 2.52. The Labute approximate surface area is 135 Å². The maximum Gasteiger partial charge on any atom is 0.193 e. The van der Waals surface area contributed by atoms with Crippen molar-refractivity contribution in [2.75, 3.05) is 0 Å². The van der Waals surface area contributed by atoms with Crippen molar-refractivity contribution in [3.8, 4) is 17.1 Å². The second kappa shape index (κ2) is 5.27. The highest BCUT2D eigenvalue weighted by Gasteiger charge is 2.16. The smallest absolute Gasteiger partial charge is 0.193 e. The largest absolute Gasteiger partial charge is 0.508 e. The third-order valence-electron chi connectivity index (χ3n) is 4.84. The van der Waals surface area contributed by atoms with Crippen molar-refractivity contribution in [2.24, 2.45) is 0 Å². The maximum atomic E-state index is 12.7. The van der Waals surface area contributed by atoms with Gasteiger partial charge in [-0.3, -0.25) is 4.79 Å². The van der Waals surface area contributed by atoms with E-state index in [1.165, 1.54) is 6.07 Å². The standard InChI is InChI=1S/C20H20O3/c1-10-6-7-15(21)8-16(10)18-9-17(22)19-13(4)11(2)12(3)14(5)20(19)23-18/h6-9,21H,1-5H3. The molecule has 1 N–H and O–H groups in total. The summed E-state index contributed by atoms with van der Waals surface area (Å²) in [4.78, 5) is 12.7. The zero-order chi connectivity index (χ0) is 16.9. The number of phenols is 1. The van der Waals surface area contributed by atoms with E-state index in [1.807, 2.05) is 40.7 Å². The Morgan fingerprint density at radius 1 is 0.870 bits per heavy atom. The maximum absolute atomic E-state index is 12.7. The molecule has 0 aliphatic carbocycles. The summed E-state index contributed by atoms with van der Waals surface area (Å²) in [5.74, 6) is 0.642. The molecule has 0 radical (unpaired) electrons. The molecule has 3 nitrogen and oxygen atoms in total. The minimum absolute atomic E-state index is 0.0484. The molecule has 0 saturated carbocycles. The summed E-state index contributed by atoms with van der Waals surface area (Å²) in [5.41, 5.74) is 6.49. The molecule has 2 aromatic carbocycles. The van der Waals surface area contributed by atoms with Crippen LogP contribution in [0.5, 0.6) is 5.75 Å². The highest BCUT2D eigenvalue weighted by molar-refractivity contribution is 5.87. The molecular weight excluding hydrogens is 288 g/mol. The van der Waals surface area contributed by atoms with E-state index in [4.69, 9.17) is 4.42 Å². The average molecular weight is 308 g/mol. The van der Waals surface area contributed by atoms with E-state index in [0.717, 1.165) is 33.4 Å². The van der Waals surface area contributed by atoms with Crippen molar-refractivity contribution in [3.63, 3.8) is 0 Å². The first-order valence-corrected chi connectivity index (χ1v) is 7.65. The van der Waals surface area contributed by atoms with E-state index < -0.39 is 0 Å². The van der Waals surface area contributed by atoms with E-state index in [2.05, 4.69) is 0 Å². The van der Waals surface area contributed by atoms with Gasteiger partial charge in [-0.1, -0.05) is 6.07 Å². The predicted octanol–water partition coefficient (Wildman–Crippen LogP) is 4.71. The van der Waals surface area contributed by atoms with Crippen molar-refractivity contribution >= 4 is 11.0 Å². The Balaban J connectivity index is 2.44. The molecular formula is C20H20O3. The van der Waals surface area contributed by atoms with Crippen LogP contribution in [-0.4, -0.2) is 5.11 Å². The fourth-order valence-corrected chi connectivity index (χ4v) is 3.04. The fourth-order valence-electron chi connectivity index (χ4n) is 3.04. The van der Waals surface area contributed by atoms with Crippen molar-refractivity contribution in [2.45, 2.75) is 34.6 Å². The Kier molecular flexibility index (Phi) is 3.52. The summed E-state index contributed by atoms with van der Waals surface area (Å²) < 4.78 is 6.10. The fraction of sp³-hybridized carbons (Fsp3) is 0.250. The van der Waals surface area contributed by atoms with Gasteiger partial charge in [-0.25, -0.2) is 0 Å². The molecule has 3 rings (SSSR count). The molecule has 0 aliphatic rings. The third-order valence-corrected chi connectivity index (χ3v) is 4.84. The van der Waals surface area contributed by atoms with Gasteiger partial charge in [0.2, 0.25) is 0 Å². The lowest BCUT2D eigenvalue weighted by molar-refractivity contribution is 0.475. The molecule has 0 bridgehead atoms. The Hall–Kier alpha value is -2.55. The van der Waals surface area contributed by atoms with Gasteiger partial charge in [-0.15, -0.1) is 0 Å². The minimum Gasteiger partial charge on any atom is -0.508 e. The number of aromatic hydroxyl groups is 1. The quantitative estimate of drug-likeness (QED) is 0.708. The number of fused-ring (bicyclic) bond motifs is 1. The molecule has 0 saturated heterocycles. The lowest BCUT2D eigenvalue weighted by atomic mass is 9.94. The third kappa shape index (κ3) is 2.33. The molecule has 0 atom stereocenters. The van der Waals surface area contributed by atoms with Crippen LogP contribution in [0, 0.1) is 34.6 Å². The molecule has 1 heterocycles. The highest BCUT2D eigenvalue weighted by atomic mass is 16.3. The molecule has 3 aromatic rings. The summed E-state index contributed by atoms with van der Waals surface area (Å²) in [5, 5.41) is 10.4. The number of hydrogen-bond acceptors (Lipinski definition) is 3. The van der Waals surface area contributed by atoms with Crippen LogP contribution >= 0.6 is 0 Å². The lowest BCUT2D eigenvalue weighted by Gasteiger charge is -2.14. The number of hydrogen-bond donors (Lipinski definition) is 1. The Morgan fingerprint density at radius 2 is 1.52 bits per heavy atom. The minimum atomic E-state index is -0.0484. The van der Waals surface area contributed by atoms with Gasteiger partial charge >= 0.3 is 0 Å². The van der Waals surface area contributed by atoms with Gasteiger partial charge < -0.3 is 9.52 Å². The molecule has 3 heteroatoms. The van der Waals surface area contributed by atoms with Crippen LogP contribution in [0.4, 0.5) is 0 Å². The van der Waals surface area contributed by atoms with Crippen LogP contribution in [0.15, 0.2) is 33.5 Å². The summed E-state index contributed by atoms with van der Waals surface area (Å²) >= 11 is 0. The van der Waals surface area contributed by atoms with Crippen LogP contribution in [-0.2, 0) is 0 Å². The van der Waals surface area contributed by atoms with Crippen molar-refractivity contribution in [3.05, 3.63) is 62.3 Å². The molecule has 1 aromatic heterocycles. The first kappa shape index (κ1) is 15.3. The molecule has 0 aliphatic heterocycles. The van der Waals surface area contributed by atoms with E-state index in [-0.39, 0.29) is 11.2 Å². The molecule has 23 heavy (non-hydrogen) atoms. The van der Waals surface area contributed by atoms with Gasteiger partial charge in [0.05, 0.1) is 5.39 Å². The first-order valence-electron chi connectivity index (χ1n) is 7.65. The zero-order valence-electron chi connectivity index (χ0n) is 14.1. The van der Waals surface area contributed by atoms with Gasteiger partial charge in [-0.2, -0.15) is 0 Å². The molecule has 0 unspecified atom stereocenters. The van der Waals surface area contributed by atoms with Crippen molar-refractivity contribution < 1.29 is 9.52 Å². The number of aryl methyl sites for hydroxylation is 3. The Morgan fingerprint density at radius 3 is 2.22 bits per heavy atom. The number of rotatable bonds is 1. The monoisotopic (exact) mass is 308 g/mol. The van der Waals surface area contributed by atoms with Gasteiger partial charge in [0.1, 0.15) is 17.1 Å². The van der Waals surface area contributed by atoms with Gasteiger partial charge in [0.25, 0.3) is 0 Å². The number of benzene rings is 2. The molecule has 0 spiro atoms. The van der Waals surface area contributed by atoms with Crippen LogP contribution in [0.2, 0.25) is 0 Å². The summed E-state index contributed by atoms with van der Waals surface area (Å²) in [7, 11) is 0. The summed E-state index contributed by atoms with van der Waals surface area (Å²) in [6.45, 7) is 9.94. The molecule has 0 fully saturated rings. The first-order chi connectivity index (χ1) is 10.8. The van der Waals surface area contributed by atoms with Gasteiger partial charge in [0, 0.05) is 11.6 Å². The summed E-state index contributed by atoms with van der Waals surface area (Å²) in [6, 6.07) is 6.59. The SMILES string of the molecule is Cc1ccc(O)cc1-c1cc(=O)c2c(C)c(C)c(C)c(C)c2o1. The zero-order valence-corrected chi connectivity index (χ0v) is 14.1. The Bertz CT molecular complexity index is 994. The van der Waals surface area contributed by atoms with Gasteiger partial charge in [-0.05, 0) is 74.6 Å². The topological polar surface area (TPSA) is 50.4 Å². The second-order valence-electron chi connectivity index (χ2n) is 6.18. The van der Waals surface area contributed by atoms with Crippen molar-refractivity contribution in [1.29, 1.82) is 0 Å². The van der Waals surface area contributed by atoms with E-state index in [0.29, 0.717) is 16.7 Å². The molecule has 118 valence electrons. The predicted molar refractivity (Wildman–Crippen MR) is 93.3 cm³/mol. The van der Waals surface area contributed by atoms with Crippen molar-refractivity contribution in [1.82, 2.24) is 0 Å². The highest BCUT2D eigenvalue weighted by Crippen LogP contribution is 2.32. The lowest BCUT2D eigenvalue weighted by Crippen LogP contribution is -2.06. The van der Waals surface area contributed by atoms with Crippen LogP contribution in [0.3, 0.4) is 0 Å². The second-order valence-corrected chi connectivity index (χ2v) is 6.18. The van der Waals surface area contributed by atoms with Crippen LogP contribution in [0.1, 0.15) is 27.8 Å². The molecule has 0 amide bonds. The number of phenolic OH excluding ortho intramolecular Hbond substituents is 1. The summed E-state index contributed by atoms with van der Waals surface area (Å²) in [6.07, 6.45) is 0. The van der Waals surface area contributed by atoms with E-state index in [9.17, 15) is 9.90 Å². The van der Waals surface area contributed by atoms with Crippen LogP contribution in [0.25, 0.3) is 22.3 Å². The van der Waals surface area contributed by atoms with E-state index in [1.54, 1.807) is 12.1 Å². The van der Waals surface area contributed by atoms with E-state index >= 15 is 0 Å². The van der Waals surface area contributed by atoms with Gasteiger partial charge in [0.15, 0.2) is 5.43 Å². The normalized spacial score (nSPS) is 11.2.